The van der Waals surface area contributed by atoms with Gasteiger partial charge in [0.05, 0.1) is 17.9 Å². The van der Waals surface area contributed by atoms with Crippen molar-refractivity contribution < 1.29 is 23.5 Å². The van der Waals surface area contributed by atoms with Crippen LogP contribution in [0.15, 0.2) is 41.5 Å². The van der Waals surface area contributed by atoms with Gasteiger partial charge in [0, 0.05) is 48.7 Å². The highest BCUT2D eigenvalue weighted by Gasteiger charge is 2.38. The number of hydrogen-bond donors (Lipinski definition) is 1. The molecule has 0 unspecified atom stereocenters. The van der Waals surface area contributed by atoms with Crippen LogP contribution in [0.1, 0.15) is 36.8 Å². The Kier molecular flexibility index (Phi) is 6.14. The molecule has 184 valence electrons. The molecule has 1 saturated heterocycles. The van der Waals surface area contributed by atoms with Gasteiger partial charge >= 0.3 is 6.09 Å². The zero-order valence-corrected chi connectivity index (χ0v) is 20.8. The molecule has 0 aliphatic carbocycles. The predicted octanol–water partition coefficient (Wildman–Crippen LogP) is 4.72. The summed E-state index contributed by atoms with van der Waals surface area (Å²) in [7, 11) is 0. The molecule has 1 fully saturated rings. The van der Waals surface area contributed by atoms with Gasteiger partial charge in [-0.2, -0.15) is 0 Å². The molecule has 0 saturated carbocycles. The average Bonchev–Trinajstić information content (AvgIpc) is 3.48. The van der Waals surface area contributed by atoms with E-state index in [4.69, 9.17) is 9.47 Å². The van der Waals surface area contributed by atoms with Crippen LogP contribution in [0.5, 0.6) is 0 Å². The molecule has 9 heteroatoms. The Labute approximate surface area is 207 Å². The van der Waals surface area contributed by atoms with E-state index in [1.165, 1.54) is 17.0 Å². The average molecular weight is 498 g/mol. The SMILES string of the molecule is CCOC(=O)N1CCN(Cc2cc(C3=CC(=C4C(=O)Nc5cc(F)ccc54)OC3(C)C)cs2)CC1. The van der Waals surface area contributed by atoms with E-state index in [-0.39, 0.29) is 12.0 Å². The molecule has 35 heavy (non-hydrogen) atoms. The van der Waals surface area contributed by atoms with Crippen molar-refractivity contribution in [3.8, 4) is 0 Å². The van der Waals surface area contributed by atoms with Gasteiger partial charge in [-0.25, -0.2) is 9.18 Å². The molecule has 0 radical (unpaired) electrons. The number of halogens is 1. The first kappa shape index (κ1) is 23.6. The fourth-order valence-corrected chi connectivity index (χ4v) is 5.66. The highest BCUT2D eigenvalue weighted by molar-refractivity contribution is 7.10. The molecule has 3 aliphatic heterocycles. The van der Waals surface area contributed by atoms with E-state index in [0.717, 1.165) is 30.8 Å². The number of amides is 2. The largest absolute Gasteiger partial charge is 0.482 e. The standard InChI is InChI=1S/C26H28FN3O4S/c1-4-33-25(32)30-9-7-29(8-10-30)14-18-11-16(15-35-18)20-13-22(34-26(20,2)3)23-19-6-5-17(27)12-21(19)28-24(23)31/h5-6,11-13,15H,4,7-10,14H2,1-3H3,(H,28,31). The van der Waals surface area contributed by atoms with Gasteiger partial charge in [0.2, 0.25) is 0 Å². The molecule has 3 aliphatic rings. The number of nitrogens with one attached hydrogen (secondary N) is 1. The number of ether oxygens (including phenoxy) is 2. The summed E-state index contributed by atoms with van der Waals surface area (Å²) < 4.78 is 25.0. The number of allylic oxidation sites excluding steroid dienone is 1. The van der Waals surface area contributed by atoms with Crippen LogP contribution in [0.3, 0.4) is 0 Å². The smallest absolute Gasteiger partial charge is 0.409 e. The third-order valence-corrected chi connectivity index (χ3v) is 7.43. The maximum Gasteiger partial charge on any atom is 0.409 e. The molecule has 5 rings (SSSR count). The maximum atomic E-state index is 13.6. The molecule has 2 amide bonds. The Morgan fingerprint density at radius 2 is 2.00 bits per heavy atom. The molecule has 0 spiro atoms. The fourth-order valence-electron chi connectivity index (χ4n) is 4.74. The van der Waals surface area contributed by atoms with Gasteiger partial charge < -0.3 is 19.7 Å². The Hall–Kier alpha value is -3.17. The van der Waals surface area contributed by atoms with Crippen molar-refractivity contribution in [1.29, 1.82) is 0 Å². The summed E-state index contributed by atoms with van der Waals surface area (Å²) in [6.45, 7) is 9.90. The van der Waals surface area contributed by atoms with Crippen LogP contribution >= 0.6 is 11.3 Å². The maximum absolute atomic E-state index is 13.6. The van der Waals surface area contributed by atoms with Crippen LogP contribution in [0, 0.1) is 5.82 Å². The number of thiophene rings is 1. The number of nitrogens with zero attached hydrogens (tertiary/aromatic N) is 2. The number of fused-ring (bicyclic) bond motifs is 1. The molecule has 0 atom stereocenters. The summed E-state index contributed by atoms with van der Waals surface area (Å²) in [5, 5.41) is 4.85. The number of hydrogen-bond acceptors (Lipinski definition) is 6. The van der Waals surface area contributed by atoms with Gasteiger partial charge in [0.15, 0.2) is 0 Å². The summed E-state index contributed by atoms with van der Waals surface area (Å²) in [6.07, 6.45) is 1.69. The third-order valence-electron chi connectivity index (χ3n) is 6.50. The number of piperazine rings is 1. The summed E-state index contributed by atoms with van der Waals surface area (Å²) >= 11 is 1.69. The first-order valence-electron chi connectivity index (χ1n) is 11.7. The summed E-state index contributed by atoms with van der Waals surface area (Å²) in [6, 6.07) is 6.45. The van der Waals surface area contributed by atoms with E-state index >= 15 is 0 Å². The lowest BCUT2D eigenvalue weighted by Crippen LogP contribution is -2.48. The first-order valence-corrected chi connectivity index (χ1v) is 12.6. The Balaban J connectivity index is 1.33. The van der Waals surface area contributed by atoms with Gasteiger partial charge in [-0.15, -0.1) is 11.3 Å². The first-order chi connectivity index (χ1) is 16.7. The fraction of sp³-hybridized carbons (Fsp3) is 0.385. The lowest BCUT2D eigenvalue weighted by atomic mass is 9.94. The van der Waals surface area contributed by atoms with Crippen molar-refractivity contribution in [3.05, 3.63) is 63.3 Å². The zero-order valence-electron chi connectivity index (χ0n) is 20.0. The highest BCUT2D eigenvalue weighted by Crippen LogP contribution is 2.45. The molecular weight excluding hydrogens is 469 g/mol. The van der Waals surface area contributed by atoms with E-state index in [1.54, 1.807) is 22.3 Å². The van der Waals surface area contributed by atoms with E-state index in [2.05, 4.69) is 21.7 Å². The highest BCUT2D eigenvalue weighted by atomic mass is 32.1. The molecule has 4 heterocycles. The number of anilines is 1. The quantitative estimate of drug-likeness (QED) is 0.619. The summed E-state index contributed by atoms with van der Waals surface area (Å²) in [5.41, 5.74) is 2.98. The van der Waals surface area contributed by atoms with Crippen molar-refractivity contribution >= 4 is 40.2 Å². The summed E-state index contributed by atoms with van der Waals surface area (Å²) in [5.74, 6) is -0.190. The third kappa shape index (κ3) is 4.58. The van der Waals surface area contributed by atoms with Crippen molar-refractivity contribution in [1.82, 2.24) is 9.80 Å². The van der Waals surface area contributed by atoms with E-state index in [1.807, 2.05) is 26.8 Å². The summed E-state index contributed by atoms with van der Waals surface area (Å²) in [4.78, 5) is 29.9. The monoisotopic (exact) mass is 497 g/mol. The molecular formula is C26H28FN3O4S. The minimum Gasteiger partial charge on any atom is -0.482 e. The Morgan fingerprint density at radius 1 is 1.23 bits per heavy atom. The van der Waals surface area contributed by atoms with E-state index in [0.29, 0.717) is 42.3 Å². The minimum atomic E-state index is -0.616. The van der Waals surface area contributed by atoms with Crippen molar-refractivity contribution in [2.24, 2.45) is 0 Å². The van der Waals surface area contributed by atoms with Crippen LogP contribution in [-0.4, -0.2) is 60.2 Å². The van der Waals surface area contributed by atoms with Crippen LogP contribution in [-0.2, 0) is 20.8 Å². The number of carbonyl (C=O) groups is 2. The van der Waals surface area contributed by atoms with Crippen LogP contribution in [0.4, 0.5) is 14.9 Å². The molecule has 2 aromatic rings. The van der Waals surface area contributed by atoms with Gasteiger partial charge in [-0.1, -0.05) is 0 Å². The van der Waals surface area contributed by atoms with Gasteiger partial charge in [0.25, 0.3) is 5.91 Å². The van der Waals surface area contributed by atoms with Gasteiger partial charge in [-0.3, -0.25) is 9.69 Å². The number of carbonyl (C=O) groups excluding carboxylic acids is 2. The second-order valence-electron chi connectivity index (χ2n) is 9.32. The molecule has 1 aromatic heterocycles. The lowest BCUT2D eigenvalue weighted by molar-refractivity contribution is -0.111. The zero-order chi connectivity index (χ0) is 24.7. The van der Waals surface area contributed by atoms with Gasteiger partial charge in [0.1, 0.15) is 17.2 Å². The molecule has 0 bridgehead atoms. The van der Waals surface area contributed by atoms with E-state index in [9.17, 15) is 14.0 Å². The van der Waals surface area contributed by atoms with Crippen LogP contribution < -0.4 is 5.32 Å². The van der Waals surface area contributed by atoms with Crippen molar-refractivity contribution in [2.75, 3.05) is 38.1 Å². The number of rotatable bonds is 4. The minimum absolute atomic E-state index is 0.241. The second-order valence-corrected chi connectivity index (χ2v) is 10.3. The van der Waals surface area contributed by atoms with Crippen molar-refractivity contribution in [3.63, 3.8) is 0 Å². The predicted molar refractivity (Wildman–Crippen MR) is 133 cm³/mol. The van der Waals surface area contributed by atoms with Crippen LogP contribution in [0.25, 0.3) is 11.1 Å². The molecule has 1 N–H and O–H groups in total. The van der Waals surface area contributed by atoms with Gasteiger partial charge in [-0.05, 0) is 62.1 Å². The normalized spacial score (nSPS) is 21.4. The number of benzene rings is 1. The second kappa shape index (κ2) is 9.13. The van der Waals surface area contributed by atoms with Crippen LogP contribution in [0.2, 0.25) is 0 Å². The Morgan fingerprint density at radius 3 is 2.74 bits per heavy atom. The topological polar surface area (TPSA) is 71.1 Å². The van der Waals surface area contributed by atoms with E-state index < -0.39 is 11.4 Å². The lowest BCUT2D eigenvalue weighted by Gasteiger charge is -2.33. The molecule has 7 nitrogen and oxygen atoms in total. The Bertz CT molecular complexity index is 1240. The molecule has 1 aromatic carbocycles. The van der Waals surface area contributed by atoms with Crippen molar-refractivity contribution in [2.45, 2.75) is 32.9 Å².